The van der Waals surface area contributed by atoms with Gasteiger partial charge in [-0.25, -0.2) is 0 Å². The zero-order valence-corrected chi connectivity index (χ0v) is 12.9. The van der Waals surface area contributed by atoms with Crippen molar-refractivity contribution in [1.82, 2.24) is 10.2 Å². The maximum absolute atomic E-state index is 11.9. The standard InChI is InChI=1S/C15H19N3O4/c1-4-5-14(19)17(2)10-13-15(20)22-16-18(13)11-6-8-12(21-3)9-7-11/h6-9H,4-5,10H2,1-3H3. The summed E-state index contributed by atoms with van der Waals surface area (Å²) < 4.78 is 11.2. The van der Waals surface area contributed by atoms with E-state index in [0.717, 1.165) is 6.42 Å². The highest BCUT2D eigenvalue weighted by Crippen LogP contribution is 2.15. The number of carbonyl (C=O) groups is 1. The van der Waals surface area contributed by atoms with Gasteiger partial charge in [0.15, 0.2) is 5.95 Å². The first-order valence-corrected chi connectivity index (χ1v) is 7.03. The molecule has 2 rings (SSSR count). The molecule has 118 valence electrons. The van der Waals surface area contributed by atoms with Crippen LogP contribution >= 0.6 is 0 Å². The molecule has 7 heteroatoms. The monoisotopic (exact) mass is 305 g/mol. The maximum atomic E-state index is 11.9. The third-order valence-corrected chi connectivity index (χ3v) is 3.29. The molecule has 2 aromatic rings. The van der Waals surface area contributed by atoms with Crippen molar-refractivity contribution in [2.75, 3.05) is 14.2 Å². The van der Waals surface area contributed by atoms with E-state index in [4.69, 9.17) is 9.26 Å². The number of ether oxygens (including phenoxy) is 1. The molecule has 1 aromatic heterocycles. The second-order valence-electron chi connectivity index (χ2n) is 4.92. The molecule has 0 spiro atoms. The molecule has 1 heterocycles. The highest BCUT2D eigenvalue weighted by atomic mass is 16.6. The Balaban J connectivity index is 2.25. The summed E-state index contributed by atoms with van der Waals surface area (Å²) in [5, 5.41) is 15.6. The van der Waals surface area contributed by atoms with Crippen molar-refractivity contribution in [3.8, 4) is 17.4 Å². The van der Waals surface area contributed by atoms with Crippen LogP contribution in [0.1, 0.15) is 25.5 Å². The van der Waals surface area contributed by atoms with Gasteiger partial charge in [-0.1, -0.05) is 6.92 Å². The third kappa shape index (κ3) is 3.36. The van der Waals surface area contributed by atoms with Crippen molar-refractivity contribution < 1.29 is 23.8 Å². The van der Waals surface area contributed by atoms with Gasteiger partial charge in [-0.05, 0) is 23.2 Å². The largest absolute Gasteiger partial charge is 0.539 e. The summed E-state index contributed by atoms with van der Waals surface area (Å²) in [6, 6.07) is 7.05. The minimum absolute atomic E-state index is 0.0237. The highest BCUT2D eigenvalue weighted by Gasteiger charge is 2.23. The van der Waals surface area contributed by atoms with Crippen LogP contribution in [0.3, 0.4) is 0 Å². The van der Waals surface area contributed by atoms with Gasteiger partial charge < -0.3 is 19.3 Å². The molecule has 0 radical (unpaired) electrons. The molecule has 0 saturated carbocycles. The lowest BCUT2D eigenvalue weighted by atomic mass is 10.2. The van der Waals surface area contributed by atoms with Crippen molar-refractivity contribution in [2.45, 2.75) is 26.3 Å². The Labute approximate surface area is 128 Å². The van der Waals surface area contributed by atoms with E-state index in [2.05, 4.69) is 5.27 Å². The van der Waals surface area contributed by atoms with E-state index in [1.807, 2.05) is 6.92 Å². The molecule has 1 aromatic carbocycles. The fourth-order valence-corrected chi connectivity index (χ4v) is 2.04. The summed E-state index contributed by atoms with van der Waals surface area (Å²) in [6.07, 6.45) is 1.20. The number of hydrogen-bond acceptors (Lipinski definition) is 5. The normalized spacial score (nSPS) is 10.5. The fraction of sp³-hybridized carbons (Fsp3) is 0.400. The number of benzene rings is 1. The number of nitrogens with zero attached hydrogens (tertiary/aromatic N) is 3. The number of aromatic nitrogens is 2. The van der Waals surface area contributed by atoms with Gasteiger partial charge in [-0.15, -0.1) is 0 Å². The number of carbonyl (C=O) groups excluding carboxylic acids is 1. The Bertz CT molecular complexity index is 637. The second kappa shape index (κ2) is 6.93. The summed E-state index contributed by atoms with van der Waals surface area (Å²) in [5.74, 6) is 0.128. The van der Waals surface area contributed by atoms with Crippen LogP contribution < -0.4 is 14.5 Å². The van der Waals surface area contributed by atoms with Gasteiger partial charge in [0.05, 0.1) is 12.4 Å². The van der Waals surface area contributed by atoms with E-state index in [0.29, 0.717) is 23.6 Å². The van der Waals surface area contributed by atoms with Crippen LogP contribution in [0.5, 0.6) is 11.7 Å². The maximum Gasteiger partial charge on any atom is 0.259 e. The Hall–Kier alpha value is -2.57. The second-order valence-corrected chi connectivity index (χ2v) is 4.92. The molecule has 0 N–H and O–H groups in total. The van der Waals surface area contributed by atoms with E-state index < -0.39 is 5.95 Å². The first-order chi connectivity index (χ1) is 10.6. The minimum Gasteiger partial charge on any atom is -0.539 e. The molecule has 0 bridgehead atoms. The lowest BCUT2D eigenvalue weighted by Crippen LogP contribution is -2.40. The Morgan fingerprint density at radius 1 is 1.41 bits per heavy atom. The Kier molecular flexibility index (Phi) is 4.98. The zero-order valence-electron chi connectivity index (χ0n) is 12.9. The van der Waals surface area contributed by atoms with Crippen molar-refractivity contribution >= 4 is 5.91 Å². The quantitative estimate of drug-likeness (QED) is 0.737. The topological polar surface area (TPSA) is 82.5 Å². The molecule has 0 unspecified atom stereocenters. The summed E-state index contributed by atoms with van der Waals surface area (Å²) in [5.41, 5.74) is 0.968. The van der Waals surface area contributed by atoms with E-state index in [-0.39, 0.29) is 12.5 Å². The van der Waals surface area contributed by atoms with E-state index in [1.54, 1.807) is 38.4 Å². The summed E-state index contributed by atoms with van der Waals surface area (Å²) >= 11 is 0. The van der Waals surface area contributed by atoms with Crippen molar-refractivity contribution in [2.24, 2.45) is 0 Å². The lowest BCUT2D eigenvalue weighted by molar-refractivity contribution is -0.678. The van der Waals surface area contributed by atoms with Crippen LogP contribution in [0, 0.1) is 0 Å². The van der Waals surface area contributed by atoms with Gasteiger partial charge in [0.2, 0.25) is 11.6 Å². The van der Waals surface area contributed by atoms with Crippen LogP contribution in [0.2, 0.25) is 0 Å². The molecule has 0 atom stereocenters. The van der Waals surface area contributed by atoms with E-state index in [9.17, 15) is 9.90 Å². The summed E-state index contributed by atoms with van der Waals surface area (Å²) in [7, 11) is 3.23. The average Bonchev–Trinajstić information content (AvgIpc) is 2.88. The molecule has 0 aliphatic carbocycles. The van der Waals surface area contributed by atoms with Gasteiger partial charge in [0.25, 0.3) is 5.69 Å². The molecule has 7 nitrogen and oxygen atoms in total. The predicted molar refractivity (Wildman–Crippen MR) is 75.4 cm³/mol. The van der Waals surface area contributed by atoms with E-state index >= 15 is 0 Å². The highest BCUT2D eigenvalue weighted by molar-refractivity contribution is 5.75. The molecule has 0 aliphatic rings. The van der Waals surface area contributed by atoms with Gasteiger partial charge in [0.1, 0.15) is 12.3 Å². The SMILES string of the molecule is CCCC(=O)N(C)Cc1c([O-])on[n+]1-c1ccc(OC)cc1. The third-order valence-electron chi connectivity index (χ3n) is 3.29. The Morgan fingerprint density at radius 3 is 2.68 bits per heavy atom. The molecular weight excluding hydrogens is 286 g/mol. The van der Waals surface area contributed by atoms with E-state index in [1.165, 1.54) is 9.58 Å². The van der Waals surface area contributed by atoms with Crippen LogP contribution in [-0.4, -0.2) is 30.2 Å². The number of methoxy groups -OCH3 is 1. The van der Waals surface area contributed by atoms with Crippen LogP contribution in [0.15, 0.2) is 28.8 Å². The first-order valence-electron chi connectivity index (χ1n) is 7.03. The summed E-state index contributed by atoms with van der Waals surface area (Å²) in [4.78, 5) is 13.4. The minimum atomic E-state index is -0.549. The Morgan fingerprint density at radius 2 is 2.09 bits per heavy atom. The van der Waals surface area contributed by atoms with Crippen LogP contribution in [-0.2, 0) is 11.3 Å². The predicted octanol–water partition coefficient (Wildman–Crippen LogP) is 0.792. The van der Waals surface area contributed by atoms with Crippen LogP contribution in [0.25, 0.3) is 5.69 Å². The molecular formula is C15H19N3O4. The molecule has 22 heavy (non-hydrogen) atoms. The van der Waals surface area contributed by atoms with Crippen molar-refractivity contribution in [3.63, 3.8) is 0 Å². The van der Waals surface area contributed by atoms with Gasteiger partial charge in [-0.2, -0.15) is 0 Å². The van der Waals surface area contributed by atoms with Crippen LogP contribution in [0.4, 0.5) is 0 Å². The van der Waals surface area contributed by atoms with Gasteiger partial charge >= 0.3 is 0 Å². The lowest BCUT2D eigenvalue weighted by Gasteiger charge is -2.14. The number of hydrogen-bond donors (Lipinski definition) is 0. The number of amides is 1. The molecule has 0 fully saturated rings. The van der Waals surface area contributed by atoms with Crippen molar-refractivity contribution in [3.05, 3.63) is 30.0 Å². The number of rotatable bonds is 6. The molecule has 0 aliphatic heterocycles. The van der Waals surface area contributed by atoms with Crippen molar-refractivity contribution in [1.29, 1.82) is 0 Å². The smallest absolute Gasteiger partial charge is 0.259 e. The average molecular weight is 305 g/mol. The molecule has 1 amide bonds. The first kappa shape index (κ1) is 15.8. The zero-order chi connectivity index (χ0) is 16.1. The van der Waals surface area contributed by atoms with Gasteiger partial charge in [0, 0.05) is 25.6 Å². The fourth-order valence-electron chi connectivity index (χ4n) is 2.04. The van der Waals surface area contributed by atoms with Gasteiger partial charge in [-0.3, -0.25) is 4.79 Å². The summed E-state index contributed by atoms with van der Waals surface area (Å²) in [6.45, 7) is 2.08. The molecule has 0 saturated heterocycles.